The molecular weight excluding hydrogens is 700 g/mol. The molecule has 1 saturated heterocycles. The van der Waals surface area contributed by atoms with Gasteiger partial charge in [-0.15, -0.1) is 0 Å². The largest absolute Gasteiger partial charge is 0.508 e. The standard InChI is InChI=1S/C38H46N6O10/c1-22(33(48)42-30(38(53)54)20-25-11-15-27(47)16-12-25)40-35(50)29(19-23-6-3-2-4-7-23)41-36(51)32-8-5-17-44(32)37(52)31(21-45)43-34(49)28(39)18-24-9-13-26(46)14-10-24/h2-4,6-7,9-16,22,28-32,45-47H,5,8,17-21,39H2,1H3,(H,40,50)(H,41,51)(H,42,48)(H,43,49)(H,53,54)/t22-,28-,29-,30-,31-,32-/m0/s1. The van der Waals surface area contributed by atoms with Crippen LogP contribution in [0.1, 0.15) is 36.5 Å². The number of phenolic OH excluding ortho intramolecular Hbond substituents is 2. The van der Waals surface area contributed by atoms with Crippen LogP contribution in [0.25, 0.3) is 0 Å². The van der Waals surface area contributed by atoms with Gasteiger partial charge >= 0.3 is 5.97 Å². The third kappa shape index (κ3) is 11.5. The van der Waals surface area contributed by atoms with Gasteiger partial charge in [-0.2, -0.15) is 0 Å². The Morgan fingerprint density at radius 3 is 1.81 bits per heavy atom. The maximum absolute atomic E-state index is 13.7. The molecule has 3 aromatic carbocycles. The summed E-state index contributed by atoms with van der Waals surface area (Å²) in [4.78, 5) is 80.0. The first-order valence-electron chi connectivity index (χ1n) is 17.5. The van der Waals surface area contributed by atoms with E-state index in [0.717, 1.165) is 0 Å². The minimum absolute atomic E-state index is 0.00213. The average Bonchev–Trinajstić information content (AvgIpc) is 3.65. The molecule has 0 unspecified atom stereocenters. The van der Waals surface area contributed by atoms with E-state index >= 15 is 0 Å². The number of nitrogens with two attached hydrogens (primary N) is 1. The molecule has 0 bridgehead atoms. The minimum atomic E-state index is -1.40. The van der Waals surface area contributed by atoms with E-state index in [1.165, 1.54) is 48.2 Å². The molecule has 0 saturated carbocycles. The number of aliphatic hydroxyl groups is 1. The minimum Gasteiger partial charge on any atom is -0.508 e. The molecule has 1 aliphatic rings. The average molecular weight is 747 g/mol. The zero-order valence-electron chi connectivity index (χ0n) is 29.7. The Labute approximate surface area is 311 Å². The lowest BCUT2D eigenvalue weighted by Crippen LogP contribution is -2.59. The molecule has 1 fully saturated rings. The molecule has 0 aliphatic carbocycles. The number of carbonyl (C=O) groups excluding carboxylic acids is 5. The highest BCUT2D eigenvalue weighted by Crippen LogP contribution is 2.20. The second-order valence-electron chi connectivity index (χ2n) is 13.2. The van der Waals surface area contributed by atoms with Gasteiger partial charge in [0.2, 0.25) is 29.5 Å². The molecule has 16 nitrogen and oxygen atoms in total. The Kier molecular flexibility index (Phi) is 14.5. The highest BCUT2D eigenvalue weighted by Gasteiger charge is 2.39. The van der Waals surface area contributed by atoms with Crippen LogP contribution in [-0.2, 0) is 48.0 Å². The number of rotatable bonds is 17. The molecule has 1 heterocycles. The van der Waals surface area contributed by atoms with Gasteiger partial charge in [-0.05, 0) is 67.1 Å². The third-order valence-electron chi connectivity index (χ3n) is 9.02. The first-order valence-corrected chi connectivity index (χ1v) is 17.5. The third-order valence-corrected chi connectivity index (χ3v) is 9.02. The van der Waals surface area contributed by atoms with Crippen LogP contribution in [0.3, 0.4) is 0 Å². The highest BCUT2D eigenvalue weighted by molar-refractivity contribution is 5.96. The molecule has 0 aromatic heterocycles. The van der Waals surface area contributed by atoms with Crippen molar-refractivity contribution in [1.82, 2.24) is 26.2 Å². The number of carbonyl (C=O) groups is 6. The van der Waals surface area contributed by atoms with Crippen LogP contribution in [-0.4, -0.2) is 110 Å². The van der Waals surface area contributed by atoms with Crippen molar-refractivity contribution in [2.45, 2.75) is 75.3 Å². The van der Waals surface area contributed by atoms with Crippen molar-refractivity contribution < 1.29 is 49.2 Å². The number of carboxylic acid groups (broad SMARTS) is 1. The predicted molar refractivity (Wildman–Crippen MR) is 195 cm³/mol. The molecular formula is C38H46N6O10. The number of nitrogens with one attached hydrogen (secondary N) is 4. The first-order chi connectivity index (χ1) is 25.7. The van der Waals surface area contributed by atoms with E-state index < -0.39 is 78.4 Å². The number of hydrogen-bond acceptors (Lipinski definition) is 10. The van der Waals surface area contributed by atoms with Crippen LogP contribution in [0.2, 0.25) is 0 Å². The quantitative estimate of drug-likeness (QED) is 0.0849. The Hall–Kier alpha value is -6.00. The van der Waals surface area contributed by atoms with Gasteiger partial charge in [0.05, 0.1) is 12.6 Å². The molecule has 288 valence electrons. The molecule has 4 rings (SSSR count). The van der Waals surface area contributed by atoms with Gasteiger partial charge in [-0.1, -0.05) is 54.6 Å². The summed E-state index contributed by atoms with van der Waals surface area (Å²) in [5.41, 5.74) is 7.94. The molecule has 5 amide bonds. The molecule has 6 atom stereocenters. The number of likely N-dealkylation sites (tertiary alicyclic amines) is 1. The number of aliphatic hydroxyl groups excluding tert-OH is 1. The van der Waals surface area contributed by atoms with E-state index in [1.807, 2.05) is 0 Å². The van der Waals surface area contributed by atoms with Gasteiger partial charge < -0.3 is 52.3 Å². The lowest BCUT2D eigenvalue weighted by Gasteiger charge is -2.30. The van der Waals surface area contributed by atoms with Gasteiger partial charge in [0, 0.05) is 19.4 Å². The topological polar surface area (TPSA) is 261 Å². The second kappa shape index (κ2) is 19.2. The number of hydrogen-bond donors (Lipinski definition) is 9. The van der Waals surface area contributed by atoms with Crippen LogP contribution in [0.4, 0.5) is 0 Å². The van der Waals surface area contributed by atoms with Gasteiger partial charge in [0.1, 0.15) is 41.7 Å². The number of nitrogens with zero attached hydrogens (tertiary/aromatic N) is 1. The maximum atomic E-state index is 13.7. The Balaban J connectivity index is 1.41. The number of phenols is 2. The summed E-state index contributed by atoms with van der Waals surface area (Å²) in [6.07, 6.45) is 0.690. The zero-order chi connectivity index (χ0) is 39.4. The van der Waals surface area contributed by atoms with Crippen LogP contribution in [0.15, 0.2) is 78.9 Å². The number of aliphatic carboxylic acids is 1. The van der Waals surface area contributed by atoms with Gasteiger partial charge in [-0.25, -0.2) is 4.79 Å². The highest BCUT2D eigenvalue weighted by atomic mass is 16.4. The number of amides is 5. The SMILES string of the molecule is C[C@H](NC(=O)[C@H](Cc1ccccc1)NC(=O)[C@@H]1CCCN1C(=O)[C@H](CO)NC(=O)[C@@H](N)Cc1ccc(O)cc1)C(=O)N[C@@H](Cc1ccc(O)cc1)C(=O)O. The summed E-state index contributed by atoms with van der Waals surface area (Å²) in [6, 6.07) is 13.4. The summed E-state index contributed by atoms with van der Waals surface area (Å²) >= 11 is 0. The van der Waals surface area contributed by atoms with E-state index in [1.54, 1.807) is 42.5 Å². The van der Waals surface area contributed by atoms with Crippen molar-refractivity contribution in [2.24, 2.45) is 5.73 Å². The van der Waals surface area contributed by atoms with Crippen LogP contribution in [0, 0.1) is 0 Å². The van der Waals surface area contributed by atoms with E-state index in [-0.39, 0.29) is 43.7 Å². The van der Waals surface area contributed by atoms with Gasteiger partial charge in [-0.3, -0.25) is 24.0 Å². The van der Waals surface area contributed by atoms with E-state index in [0.29, 0.717) is 23.1 Å². The summed E-state index contributed by atoms with van der Waals surface area (Å²) < 4.78 is 0. The normalized spacial score (nSPS) is 16.6. The molecule has 10 N–H and O–H groups in total. The molecule has 3 aromatic rings. The summed E-state index contributed by atoms with van der Waals surface area (Å²) in [5.74, 6) is -4.87. The van der Waals surface area contributed by atoms with Crippen molar-refractivity contribution >= 4 is 35.5 Å². The summed E-state index contributed by atoms with van der Waals surface area (Å²) in [6.45, 7) is 0.744. The molecule has 54 heavy (non-hydrogen) atoms. The number of aromatic hydroxyl groups is 2. The fourth-order valence-electron chi connectivity index (χ4n) is 6.02. The van der Waals surface area contributed by atoms with Crippen LogP contribution >= 0.6 is 0 Å². The fourth-order valence-corrected chi connectivity index (χ4v) is 6.02. The van der Waals surface area contributed by atoms with E-state index in [9.17, 15) is 49.2 Å². The summed E-state index contributed by atoms with van der Waals surface area (Å²) in [7, 11) is 0. The van der Waals surface area contributed by atoms with Gasteiger partial charge in [0.15, 0.2) is 0 Å². The molecule has 0 spiro atoms. The maximum Gasteiger partial charge on any atom is 0.326 e. The predicted octanol–water partition coefficient (Wildman–Crippen LogP) is -0.520. The first kappa shape index (κ1) is 40.8. The monoisotopic (exact) mass is 746 g/mol. The molecule has 0 radical (unpaired) electrons. The lowest BCUT2D eigenvalue weighted by molar-refractivity contribution is -0.143. The van der Waals surface area contributed by atoms with Crippen LogP contribution < -0.4 is 27.0 Å². The zero-order valence-corrected chi connectivity index (χ0v) is 29.7. The van der Waals surface area contributed by atoms with Crippen molar-refractivity contribution in [2.75, 3.05) is 13.2 Å². The van der Waals surface area contributed by atoms with Crippen molar-refractivity contribution in [3.05, 3.63) is 95.6 Å². The Morgan fingerprint density at radius 2 is 1.24 bits per heavy atom. The van der Waals surface area contributed by atoms with Crippen molar-refractivity contribution in [3.8, 4) is 11.5 Å². The summed E-state index contributed by atoms with van der Waals surface area (Å²) in [5, 5.41) is 48.9. The second-order valence-corrected chi connectivity index (χ2v) is 13.2. The van der Waals surface area contributed by atoms with E-state index in [2.05, 4.69) is 21.3 Å². The smallest absolute Gasteiger partial charge is 0.326 e. The molecule has 16 heteroatoms. The van der Waals surface area contributed by atoms with Crippen molar-refractivity contribution in [3.63, 3.8) is 0 Å². The Morgan fingerprint density at radius 1 is 0.704 bits per heavy atom. The molecule has 1 aliphatic heterocycles. The number of benzene rings is 3. The fraction of sp³-hybridized carbons (Fsp3) is 0.368. The lowest BCUT2D eigenvalue weighted by atomic mass is 10.0. The van der Waals surface area contributed by atoms with E-state index in [4.69, 9.17) is 5.73 Å². The van der Waals surface area contributed by atoms with Crippen molar-refractivity contribution in [1.29, 1.82) is 0 Å². The van der Waals surface area contributed by atoms with Crippen LogP contribution in [0.5, 0.6) is 11.5 Å². The number of carboxylic acids is 1. The van der Waals surface area contributed by atoms with Gasteiger partial charge in [0.25, 0.3) is 0 Å². The Bertz CT molecular complexity index is 1770.